The predicted molar refractivity (Wildman–Crippen MR) is 136 cm³/mol. The molecule has 0 bridgehead atoms. The third-order valence-corrected chi connectivity index (χ3v) is 8.59. The van der Waals surface area contributed by atoms with Crippen molar-refractivity contribution in [3.8, 4) is 5.75 Å². The van der Waals surface area contributed by atoms with Crippen LogP contribution < -0.4 is 4.74 Å². The molecule has 0 aromatic heterocycles. The Labute approximate surface area is 210 Å². The van der Waals surface area contributed by atoms with E-state index in [0.29, 0.717) is 26.0 Å². The first-order valence-electron chi connectivity index (χ1n) is 13.4. The molecule has 2 heterocycles. The monoisotopic (exact) mass is 488 g/mol. The molecule has 2 saturated heterocycles. The first kappa shape index (κ1) is 25.3. The van der Waals surface area contributed by atoms with Gasteiger partial charge in [0.15, 0.2) is 0 Å². The van der Waals surface area contributed by atoms with Gasteiger partial charge in [0.1, 0.15) is 5.75 Å². The minimum absolute atomic E-state index is 0.218. The molecular formula is C28H41ClN2O3. The number of aryl methyl sites for hydroxylation is 1. The summed E-state index contributed by atoms with van der Waals surface area (Å²) in [5.74, 6) is 1.96. The number of amides is 2. The second-order valence-electron chi connectivity index (χ2n) is 10.9. The summed E-state index contributed by atoms with van der Waals surface area (Å²) in [6, 6.07) is 5.70. The van der Waals surface area contributed by atoms with Crippen LogP contribution in [0.3, 0.4) is 0 Å². The average Bonchev–Trinajstić information content (AvgIpc) is 3.38. The quantitative estimate of drug-likeness (QED) is 0.450. The van der Waals surface area contributed by atoms with Gasteiger partial charge in [0.05, 0.1) is 6.61 Å². The molecule has 1 aromatic carbocycles. The molecule has 3 aliphatic rings. The van der Waals surface area contributed by atoms with E-state index >= 15 is 0 Å². The molecule has 34 heavy (non-hydrogen) atoms. The molecule has 1 saturated carbocycles. The van der Waals surface area contributed by atoms with E-state index in [1.807, 2.05) is 34.9 Å². The van der Waals surface area contributed by atoms with Crippen LogP contribution in [-0.4, -0.2) is 54.4 Å². The van der Waals surface area contributed by atoms with Gasteiger partial charge < -0.3 is 14.5 Å². The fourth-order valence-corrected chi connectivity index (χ4v) is 6.16. The van der Waals surface area contributed by atoms with E-state index in [4.69, 9.17) is 16.3 Å². The number of rotatable bonds is 8. The van der Waals surface area contributed by atoms with Crippen LogP contribution in [0, 0.1) is 18.3 Å². The van der Waals surface area contributed by atoms with Gasteiger partial charge in [-0.15, -0.1) is 0 Å². The Balaban J connectivity index is 1.44. The van der Waals surface area contributed by atoms with E-state index in [1.165, 1.54) is 32.1 Å². The number of carbonyl (C=O) groups excluding carboxylic acids is 2. The van der Waals surface area contributed by atoms with Gasteiger partial charge in [-0.1, -0.05) is 37.3 Å². The normalized spacial score (nSPS) is 23.8. The lowest BCUT2D eigenvalue weighted by Gasteiger charge is -2.43. The van der Waals surface area contributed by atoms with Gasteiger partial charge in [-0.05, 0) is 75.1 Å². The summed E-state index contributed by atoms with van der Waals surface area (Å²) < 4.78 is 6.27. The van der Waals surface area contributed by atoms with E-state index in [2.05, 4.69) is 0 Å². The molecule has 3 fully saturated rings. The summed E-state index contributed by atoms with van der Waals surface area (Å²) in [5, 5.41) is 0.721. The van der Waals surface area contributed by atoms with Gasteiger partial charge in [0, 0.05) is 49.5 Å². The standard InChI is InChI=1S/C28H41ClN2O3/c1-22-18-24(11-12-25(22)29)34-21-28(19-27(33)30-15-5-2-6-16-30)14-7-17-31(20-28)26(32)13-10-23-8-3-4-9-23/h11-12,18,23H,2-10,13-17,19-21H2,1H3/t28-/m0/s1. The molecule has 0 N–H and O–H groups in total. The smallest absolute Gasteiger partial charge is 0.223 e. The van der Waals surface area contributed by atoms with Crippen molar-refractivity contribution in [1.82, 2.24) is 9.80 Å². The summed E-state index contributed by atoms with van der Waals surface area (Å²) in [7, 11) is 0. The predicted octanol–water partition coefficient (Wildman–Crippen LogP) is 6.01. The molecule has 0 radical (unpaired) electrons. The van der Waals surface area contributed by atoms with Crippen LogP contribution in [0.15, 0.2) is 18.2 Å². The van der Waals surface area contributed by atoms with Crippen molar-refractivity contribution >= 4 is 23.4 Å². The number of hydrogen-bond donors (Lipinski definition) is 0. The SMILES string of the molecule is Cc1cc(OC[C@]2(CC(=O)N3CCCCC3)CCCN(C(=O)CCC3CCCC3)C2)ccc1Cl. The lowest BCUT2D eigenvalue weighted by Crippen LogP contribution is -2.51. The van der Waals surface area contributed by atoms with Crippen molar-refractivity contribution in [3.05, 3.63) is 28.8 Å². The second kappa shape index (κ2) is 11.8. The molecule has 0 unspecified atom stereocenters. The fourth-order valence-electron chi connectivity index (χ4n) is 6.04. The second-order valence-corrected chi connectivity index (χ2v) is 11.3. The molecule has 0 spiro atoms. The minimum atomic E-state index is -0.344. The lowest BCUT2D eigenvalue weighted by atomic mass is 9.77. The largest absolute Gasteiger partial charge is 0.493 e. The Morgan fingerprint density at radius 1 is 1.00 bits per heavy atom. The topological polar surface area (TPSA) is 49.9 Å². The van der Waals surface area contributed by atoms with Crippen molar-refractivity contribution in [3.63, 3.8) is 0 Å². The molecular weight excluding hydrogens is 448 g/mol. The van der Waals surface area contributed by atoms with Crippen LogP contribution in [0.25, 0.3) is 0 Å². The molecule has 6 heteroatoms. The highest BCUT2D eigenvalue weighted by Crippen LogP contribution is 2.37. The van der Waals surface area contributed by atoms with Gasteiger partial charge in [-0.3, -0.25) is 9.59 Å². The number of halogens is 1. The Bertz CT molecular complexity index is 848. The highest BCUT2D eigenvalue weighted by molar-refractivity contribution is 6.31. The number of hydrogen-bond acceptors (Lipinski definition) is 3. The van der Waals surface area contributed by atoms with Crippen molar-refractivity contribution in [2.24, 2.45) is 11.3 Å². The van der Waals surface area contributed by atoms with E-state index in [1.54, 1.807) is 0 Å². The van der Waals surface area contributed by atoms with Crippen LogP contribution in [0.4, 0.5) is 0 Å². The highest BCUT2D eigenvalue weighted by Gasteiger charge is 2.41. The fraction of sp³-hybridized carbons (Fsp3) is 0.714. The third-order valence-electron chi connectivity index (χ3n) is 8.16. The van der Waals surface area contributed by atoms with E-state index in [-0.39, 0.29) is 17.2 Å². The molecule has 1 aliphatic carbocycles. The number of piperidine rings is 2. The van der Waals surface area contributed by atoms with E-state index in [0.717, 1.165) is 74.0 Å². The number of carbonyl (C=O) groups is 2. The molecule has 1 atom stereocenters. The third kappa shape index (κ3) is 6.68. The van der Waals surface area contributed by atoms with Crippen molar-refractivity contribution in [2.45, 2.75) is 84.0 Å². The Morgan fingerprint density at radius 3 is 2.47 bits per heavy atom. The Hall–Kier alpha value is -1.75. The van der Waals surface area contributed by atoms with Gasteiger partial charge >= 0.3 is 0 Å². The molecule has 4 rings (SSSR count). The zero-order valence-electron chi connectivity index (χ0n) is 20.8. The summed E-state index contributed by atoms with van der Waals surface area (Å²) in [5.41, 5.74) is 0.633. The summed E-state index contributed by atoms with van der Waals surface area (Å²) in [6.07, 6.45) is 12.5. The van der Waals surface area contributed by atoms with Gasteiger partial charge in [0.2, 0.25) is 11.8 Å². The lowest BCUT2D eigenvalue weighted by molar-refractivity contribution is -0.142. The molecule has 2 aliphatic heterocycles. The highest BCUT2D eigenvalue weighted by atomic mass is 35.5. The average molecular weight is 489 g/mol. The van der Waals surface area contributed by atoms with E-state index < -0.39 is 0 Å². The Kier molecular flexibility index (Phi) is 8.79. The molecule has 2 amide bonds. The molecule has 5 nitrogen and oxygen atoms in total. The number of nitrogens with zero attached hydrogens (tertiary/aromatic N) is 2. The zero-order chi connectivity index (χ0) is 24.0. The number of likely N-dealkylation sites (tertiary alicyclic amines) is 2. The molecule has 188 valence electrons. The summed E-state index contributed by atoms with van der Waals surface area (Å²) in [6.45, 7) is 5.54. The Morgan fingerprint density at radius 2 is 1.74 bits per heavy atom. The minimum Gasteiger partial charge on any atom is -0.493 e. The maximum atomic E-state index is 13.3. The van der Waals surface area contributed by atoms with Gasteiger partial charge in [-0.2, -0.15) is 0 Å². The number of ether oxygens (including phenoxy) is 1. The van der Waals surface area contributed by atoms with Crippen LogP contribution in [0.1, 0.15) is 82.6 Å². The number of benzene rings is 1. The maximum Gasteiger partial charge on any atom is 0.223 e. The van der Waals surface area contributed by atoms with Crippen LogP contribution in [-0.2, 0) is 9.59 Å². The van der Waals surface area contributed by atoms with Crippen molar-refractivity contribution < 1.29 is 14.3 Å². The summed E-state index contributed by atoms with van der Waals surface area (Å²) >= 11 is 6.19. The first-order valence-corrected chi connectivity index (χ1v) is 13.8. The van der Waals surface area contributed by atoms with Crippen LogP contribution in [0.5, 0.6) is 5.75 Å². The van der Waals surface area contributed by atoms with Crippen LogP contribution in [0.2, 0.25) is 5.02 Å². The van der Waals surface area contributed by atoms with E-state index in [9.17, 15) is 9.59 Å². The van der Waals surface area contributed by atoms with Gasteiger partial charge in [0.25, 0.3) is 0 Å². The van der Waals surface area contributed by atoms with Crippen LogP contribution >= 0.6 is 11.6 Å². The van der Waals surface area contributed by atoms with Crippen molar-refractivity contribution in [2.75, 3.05) is 32.8 Å². The molecule has 1 aromatic rings. The first-order chi connectivity index (χ1) is 16.4. The van der Waals surface area contributed by atoms with Crippen molar-refractivity contribution in [1.29, 1.82) is 0 Å². The summed E-state index contributed by atoms with van der Waals surface area (Å²) in [4.78, 5) is 30.5. The zero-order valence-corrected chi connectivity index (χ0v) is 21.6. The van der Waals surface area contributed by atoms with Gasteiger partial charge in [-0.25, -0.2) is 0 Å². The maximum absolute atomic E-state index is 13.3.